The molecule has 116 valence electrons. The molecule has 0 fully saturated rings. The van der Waals surface area contributed by atoms with Crippen molar-refractivity contribution in [2.75, 3.05) is 13.1 Å². The number of rotatable bonds is 4. The van der Waals surface area contributed by atoms with Crippen molar-refractivity contribution in [2.45, 2.75) is 0 Å². The van der Waals surface area contributed by atoms with Crippen molar-refractivity contribution in [3.8, 4) is 0 Å². The number of hydrogen-bond donors (Lipinski definition) is 1. The number of nitrogens with zero attached hydrogens (tertiary/aromatic N) is 1. The van der Waals surface area contributed by atoms with E-state index in [1.807, 2.05) is 0 Å². The number of fused-ring (bicyclic) bond motifs is 1. The summed E-state index contributed by atoms with van der Waals surface area (Å²) in [7, 11) is 0. The third-order valence-electron chi connectivity index (χ3n) is 2.93. The lowest BCUT2D eigenvalue weighted by atomic mass is 10.1. The second kappa shape index (κ2) is 6.46. The van der Waals surface area contributed by atoms with E-state index in [1.165, 1.54) is 6.08 Å². The van der Waals surface area contributed by atoms with Crippen LogP contribution in [0.1, 0.15) is 20.7 Å². The molecule has 0 aliphatic carbocycles. The Bertz CT molecular complexity index is 671. The topological polar surface area (TPSA) is 66.5 Å². The van der Waals surface area contributed by atoms with Gasteiger partial charge in [0.25, 0.3) is 11.8 Å². The molecule has 9 heteroatoms. The first-order chi connectivity index (χ1) is 10.3. The molecule has 0 spiro atoms. The predicted molar refractivity (Wildman–Crippen MR) is 85.1 cm³/mol. The summed E-state index contributed by atoms with van der Waals surface area (Å²) in [5.41, 5.74) is -0.301. The molecule has 0 unspecified atom stereocenters. The number of nitrogens with one attached hydrogen (secondary N) is 1. The molecule has 2 rings (SSSR count). The van der Waals surface area contributed by atoms with E-state index in [0.717, 1.165) is 4.90 Å². The quantitative estimate of drug-likeness (QED) is 0.377. The van der Waals surface area contributed by atoms with Gasteiger partial charge in [0, 0.05) is 6.54 Å². The van der Waals surface area contributed by atoms with Gasteiger partial charge in [-0.2, -0.15) is 0 Å². The van der Waals surface area contributed by atoms with Gasteiger partial charge in [-0.05, 0) is 0 Å². The monoisotopic (exact) mass is 380 g/mol. The molecule has 22 heavy (non-hydrogen) atoms. The maximum atomic E-state index is 12.3. The van der Waals surface area contributed by atoms with Crippen LogP contribution in [0.25, 0.3) is 0 Å². The lowest BCUT2D eigenvalue weighted by Gasteiger charge is -2.12. The normalized spacial score (nSPS) is 13.4. The third kappa shape index (κ3) is 2.70. The Morgan fingerprint density at radius 2 is 1.45 bits per heavy atom. The minimum absolute atomic E-state index is 0.119. The van der Waals surface area contributed by atoms with Gasteiger partial charge in [0.05, 0.1) is 31.2 Å². The van der Waals surface area contributed by atoms with Crippen LogP contribution in [-0.4, -0.2) is 35.7 Å². The average Bonchev–Trinajstić information content (AvgIpc) is 2.73. The highest BCUT2D eigenvalue weighted by Crippen LogP contribution is 2.44. The standard InChI is InChI=1S/C13H8Cl4N2O3/c1-2-3-18-5(20)4-19-12(21)6-7(13(19)22)9(15)11(17)10(16)8(6)14/h2H,1,3-4H2,(H,18,20). The lowest BCUT2D eigenvalue weighted by Crippen LogP contribution is -2.40. The van der Waals surface area contributed by atoms with Crippen LogP contribution >= 0.6 is 46.4 Å². The van der Waals surface area contributed by atoms with Crippen LogP contribution < -0.4 is 5.32 Å². The van der Waals surface area contributed by atoms with Crippen LogP contribution in [0.2, 0.25) is 20.1 Å². The number of benzene rings is 1. The van der Waals surface area contributed by atoms with Crippen LogP contribution in [0.4, 0.5) is 0 Å². The van der Waals surface area contributed by atoms with Crippen molar-refractivity contribution >= 4 is 64.1 Å². The summed E-state index contributed by atoms with van der Waals surface area (Å²) in [5, 5.41) is 1.88. The minimum atomic E-state index is -0.751. The molecule has 1 N–H and O–H groups in total. The number of carbonyl (C=O) groups excluding carboxylic acids is 3. The van der Waals surface area contributed by atoms with E-state index in [4.69, 9.17) is 46.4 Å². The first kappa shape index (κ1) is 17.1. The molecule has 0 atom stereocenters. The Labute approximate surface area is 145 Å². The summed E-state index contributed by atoms with van der Waals surface area (Å²) < 4.78 is 0. The van der Waals surface area contributed by atoms with E-state index in [-0.39, 0.29) is 37.8 Å². The molecule has 0 radical (unpaired) electrons. The summed E-state index contributed by atoms with van der Waals surface area (Å²) in [6.45, 7) is 3.18. The SMILES string of the molecule is C=CCNC(=O)CN1C(=O)c2c(Cl)c(Cl)c(Cl)c(Cl)c2C1=O. The van der Waals surface area contributed by atoms with Gasteiger partial charge in [-0.25, -0.2) is 0 Å². The van der Waals surface area contributed by atoms with E-state index in [2.05, 4.69) is 11.9 Å². The van der Waals surface area contributed by atoms with Crippen LogP contribution in [0.5, 0.6) is 0 Å². The molecule has 1 aliphatic rings. The Morgan fingerprint density at radius 3 is 1.86 bits per heavy atom. The van der Waals surface area contributed by atoms with Crippen LogP contribution in [0, 0.1) is 0 Å². The third-order valence-corrected chi connectivity index (χ3v) is 4.73. The highest BCUT2D eigenvalue weighted by Gasteiger charge is 2.42. The molecule has 1 aromatic carbocycles. The van der Waals surface area contributed by atoms with Gasteiger partial charge in [0.2, 0.25) is 5.91 Å². The first-order valence-electron chi connectivity index (χ1n) is 5.91. The fourth-order valence-corrected chi connectivity index (χ4v) is 2.94. The molecule has 5 nitrogen and oxygen atoms in total. The average molecular weight is 382 g/mol. The molecule has 0 bridgehead atoms. The molecular weight excluding hydrogens is 374 g/mol. The van der Waals surface area contributed by atoms with Crippen LogP contribution in [-0.2, 0) is 4.79 Å². The molecule has 0 saturated carbocycles. The zero-order valence-corrected chi connectivity index (χ0v) is 13.9. The fraction of sp³-hybridized carbons (Fsp3) is 0.154. The van der Waals surface area contributed by atoms with E-state index < -0.39 is 24.3 Å². The van der Waals surface area contributed by atoms with Crippen molar-refractivity contribution in [3.05, 3.63) is 43.9 Å². The second-order valence-electron chi connectivity index (χ2n) is 4.30. The van der Waals surface area contributed by atoms with E-state index in [9.17, 15) is 14.4 Å². The maximum absolute atomic E-state index is 12.3. The number of amides is 3. The van der Waals surface area contributed by atoms with Gasteiger partial charge in [0.1, 0.15) is 6.54 Å². The molecule has 0 aromatic heterocycles. The molecule has 1 heterocycles. The Balaban J connectivity index is 2.42. The zero-order chi connectivity index (χ0) is 16.6. The van der Waals surface area contributed by atoms with Gasteiger partial charge in [-0.3, -0.25) is 19.3 Å². The Morgan fingerprint density at radius 1 is 1.00 bits per heavy atom. The Kier molecular flexibility index (Phi) is 5.02. The maximum Gasteiger partial charge on any atom is 0.263 e. The number of imide groups is 1. The number of carbonyl (C=O) groups is 3. The van der Waals surface area contributed by atoms with E-state index in [0.29, 0.717) is 0 Å². The summed E-state index contributed by atoms with van der Waals surface area (Å²) >= 11 is 23.7. The van der Waals surface area contributed by atoms with Crippen molar-refractivity contribution in [1.29, 1.82) is 0 Å². The number of halogens is 4. The van der Waals surface area contributed by atoms with Crippen LogP contribution in [0.3, 0.4) is 0 Å². The highest BCUT2D eigenvalue weighted by atomic mass is 35.5. The molecule has 1 aliphatic heterocycles. The molecule has 1 aromatic rings. The van der Waals surface area contributed by atoms with Gasteiger partial charge in [-0.15, -0.1) is 6.58 Å². The first-order valence-corrected chi connectivity index (χ1v) is 7.42. The Hall–Kier alpha value is -1.27. The molecule has 3 amide bonds. The van der Waals surface area contributed by atoms with Crippen LogP contribution in [0.15, 0.2) is 12.7 Å². The number of hydrogen-bond acceptors (Lipinski definition) is 3. The van der Waals surface area contributed by atoms with E-state index in [1.54, 1.807) is 0 Å². The largest absolute Gasteiger partial charge is 0.351 e. The van der Waals surface area contributed by atoms with Crippen molar-refractivity contribution < 1.29 is 14.4 Å². The van der Waals surface area contributed by atoms with Crippen molar-refractivity contribution in [1.82, 2.24) is 10.2 Å². The summed E-state index contributed by atoms with van der Waals surface area (Å²) in [6.07, 6.45) is 1.47. The van der Waals surface area contributed by atoms with Gasteiger partial charge >= 0.3 is 0 Å². The highest BCUT2D eigenvalue weighted by molar-refractivity contribution is 6.55. The fourth-order valence-electron chi connectivity index (χ4n) is 1.92. The van der Waals surface area contributed by atoms with Gasteiger partial charge in [0.15, 0.2) is 0 Å². The smallest absolute Gasteiger partial charge is 0.263 e. The second-order valence-corrected chi connectivity index (χ2v) is 5.81. The minimum Gasteiger partial charge on any atom is -0.351 e. The summed E-state index contributed by atoms with van der Waals surface area (Å²) in [5.74, 6) is -2.03. The molecule has 0 saturated heterocycles. The summed E-state index contributed by atoms with van der Waals surface area (Å²) in [4.78, 5) is 37.0. The van der Waals surface area contributed by atoms with Crippen molar-refractivity contribution in [2.24, 2.45) is 0 Å². The van der Waals surface area contributed by atoms with Gasteiger partial charge < -0.3 is 5.32 Å². The zero-order valence-electron chi connectivity index (χ0n) is 10.9. The van der Waals surface area contributed by atoms with Crippen molar-refractivity contribution in [3.63, 3.8) is 0 Å². The predicted octanol–water partition coefficient (Wildman–Crippen LogP) is 3.20. The summed E-state index contributed by atoms with van der Waals surface area (Å²) in [6, 6.07) is 0. The van der Waals surface area contributed by atoms with Gasteiger partial charge in [-0.1, -0.05) is 52.5 Å². The van der Waals surface area contributed by atoms with E-state index >= 15 is 0 Å². The molecular formula is C13H8Cl4N2O3. The lowest BCUT2D eigenvalue weighted by molar-refractivity contribution is -0.121.